The summed E-state index contributed by atoms with van der Waals surface area (Å²) in [6.07, 6.45) is 0. The van der Waals surface area contributed by atoms with Crippen LogP contribution in [0, 0.1) is 0 Å². The van der Waals surface area contributed by atoms with Crippen molar-refractivity contribution in [1.29, 1.82) is 0 Å². The van der Waals surface area contributed by atoms with Gasteiger partial charge in [0.15, 0.2) is 0 Å². The van der Waals surface area contributed by atoms with E-state index >= 15 is 0 Å². The lowest BCUT2D eigenvalue weighted by molar-refractivity contribution is 4.19. The molecule has 0 rings (SSSR count). The molecule has 5 heavy (non-hydrogen) atoms. The average molecular weight is 156 g/mol. The second-order valence-corrected chi connectivity index (χ2v) is 21.6. The zero-order valence-electron chi connectivity index (χ0n) is 3.02. The van der Waals surface area contributed by atoms with Crippen LogP contribution in [0.2, 0.25) is 0 Å². The molecule has 0 fully saturated rings. The van der Waals surface area contributed by atoms with Crippen LogP contribution < -0.4 is 0 Å². The molecule has 0 aliphatic rings. The molecule has 0 unspecified atom stereocenters. The van der Waals surface area contributed by atoms with Gasteiger partial charge in [0.2, 0.25) is 0 Å². The predicted octanol–water partition coefficient (Wildman–Crippen LogP) is -1.99. The summed E-state index contributed by atoms with van der Waals surface area (Å²) in [7, 11) is 0.904. The monoisotopic (exact) mass is 156 g/mol. The van der Waals surface area contributed by atoms with Gasteiger partial charge in [0.1, 0.15) is 0 Å². The Morgan fingerprint density at radius 2 is 1.40 bits per heavy atom. The number of hydrogen-bond donors (Lipinski definition) is 2. The largest absolute Gasteiger partial charge is 0.214 e. The van der Waals surface area contributed by atoms with Gasteiger partial charge in [-0.2, -0.15) is 0 Å². The van der Waals surface area contributed by atoms with Crippen LogP contribution in [0.25, 0.3) is 0 Å². The van der Waals surface area contributed by atoms with Crippen LogP contribution in [0.5, 0.6) is 0 Å². The third-order valence-corrected chi connectivity index (χ3v) is 25.6. The molecule has 0 nitrogen and oxygen atoms in total. The Bertz CT molecular complexity index is 12.4. The van der Waals surface area contributed by atoms with Crippen molar-refractivity contribution in [3.8, 4) is 0 Å². The van der Waals surface area contributed by atoms with Crippen molar-refractivity contribution in [3.05, 3.63) is 0 Å². The van der Waals surface area contributed by atoms with Gasteiger partial charge in [0, 0.05) is 8.55 Å². The van der Waals surface area contributed by atoms with Gasteiger partial charge in [0.25, 0.3) is 0 Å². The van der Waals surface area contributed by atoms with Crippen molar-refractivity contribution in [2.24, 2.45) is 0 Å². The highest BCUT2D eigenvalue weighted by Crippen LogP contribution is 1.63. The van der Waals surface area contributed by atoms with Crippen molar-refractivity contribution in [2.75, 3.05) is 0 Å². The first kappa shape index (κ1) is 6.35. The van der Waals surface area contributed by atoms with Crippen molar-refractivity contribution in [2.45, 2.75) is 0 Å². The first-order chi connectivity index (χ1) is 2.41. The lowest BCUT2D eigenvalue weighted by Gasteiger charge is -1.73. The minimum atomic E-state index is 0.233. The second-order valence-electron chi connectivity index (χ2n) is 0.801. The number of thiol groups is 2. The number of rotatable bonds is 2. The zero-order valence-corrected chi connectivity index (χ0v) is 9.05. The van der Waals surface area contributed by atoms with Gasteiger partial charge < -0.3 is 0 Å². The quantitative estimate of drug-likeness (QED) is 0.336. The third-order valence-electron chi connectivity index (χ3n) is 0.316. The van der Waals surface area contributed by atoms with Crippen molar-refractivity contribution >= 4 is 49.1 Å². The van der Waals surface area contributed by atoms with Gasteiger partial charge in [-0.15, -0.1) is 0 Å². The minimum Gasteiger partial charge on any atom is -0.214 e. The maximum Gasteiger partial charge on any atom is 0.0654 e. The Labute approximate surface area is 49.3 Å². The standard InChI is InChI=1S/H8S2Si3/c1-3-5-4-2/h1-2H,3-5H2. The van der Waals surface area contributed by atoms with Gasteiger partial charge >= 0.3 is 0 Å². The predicted molar refractivity (Wildman–Crippen MR) is 43.6 cm³/mol. The fraction of sp³-hybridized carbons (Fsp3) is 0. The van der Waals surface area contributed by atoms with E-state index in [1.807, 2.05) is 0 Å². The van der Waals surface area contributed by atoms with Crippen LogP contribution in [0.3, 0.4) is 0 Å². The van der Waals surface area contributed by atoms with E-state index in [1.54, 1.807) is 0 Å². The average Bonchev–Trinajstić information content (AvgIpc) is 1.41. The normalized spacial score (nSPS) is 15.6. The highest BCUT2D eigenvalue weighted by molar-refractivity contribution is 8.21. The molecule has 0 radical (unpaired) electrons. The van der Waals surface area contributed by atoms with Crippen molar-refractivity contribution in [1.82, 2.24) is 0 Å². The first-order valence-electron chi connectivity index (χ1n) is 1.63. The van der Waals surface area contributed by atoms with Crippen LogP contribution in [-0.4, -0.2) is 24.9 Å². The first-order valence-corrected chi connectivity index (χ1v) is 14.7. The lowest BCUT2D eigenvalue weighted by Crippen LogP contribution is -2.00. The molecule has 0 atom stereocenters. The van der Waals surface area contributed by atoms with E-state index in [9.17, 15) is 0 Å². The Morgan fingerprint density at radius 1 is 1.00 bits per heavy atom. The lowest BCUT2D eigenvalue weighted by atomic mass is 26.6. The Morgan fingerprint density at radius 3 is 1.40 bits per heavy atom. The fourth-order valence-corrected chi connectivity index (χ4v) is 17.2. The summed E-state index contributed by atoms with van der Waals surface area (Å²) in [4.78, 5) is 0. The molecule has 0 spiro atoms. The van der Waals surface area contributed by atoms with Gasteiger partial charge in [-0.25, -0.2) is 24.2 Å². The van der Waals surface area contributed by atoms with Crippen LogP contribution in [-0.2, 0) is 0 Å². The summed E-state index contributed by atoms with van der Waals surface area (Å²) in [5.74, 6) is 0. The summed E-state index contributed by atoms with van der Waals surface area (Å²) in [6, 6.07) is 0. The highest BCUT2D eigenvalue weighted by atomic mass is 32.3. The molecule has 0 aliphatic carbocycles. The summed E-state index contributed by atoms with van der Waals surface area (Å²) in [6.45, 7) is 0. The highest BCUT2D eigenvalue weighted by Gasteiger charge is 1.74. The van der Waals surface area contributed by atoms with E-state index in [1.165, 1.54) is 0 Å². The van der Waals surface area contributed by atoms with Crippen LogP contribution in [0.15, 0.2) is 0 Å². The Balaban J connectivity index is 2.19. The smallest absolute Gasteiger partial charge is 0.0654 e. The van der Waals surface area contributed by atoms with E-state index in [2.05, 4.69) is 24.2 Å². The second kappa shape index (κ2) is 5.35. The van der Waals surface area contributed by atoms with Gasteiger partial charge in [-0.05, 0) is 0 Å². The third kappa shape index (κ3) is 5.35. The molecule has 32 valence electrons. The summed E-state index contributed by atoms with van der Waals surface area (Å²) in [5, 5.41) is 0. The molecule has 0 aliphatic heterocycles. The molecule has 0 saturated carbocycles. The SMILES string of the molecule is S[SiH2][SiH2][SiH2]S. The molecular weight excluding hydrogens is 148 g/mol. The molecular formula is H8S2Si3. The maximum absolute atomic E-state index is 4.19. The van der Waals surface area contributed by atoms with Gasteiger partial charge in [-0.1, -0.05) is 0 Å². The zero-order chi connectivity index (χ0) is 4.12. The van der Waals surface area contributed by atoms with E-state index in [0.717, 1.165) is 0 Å². The van der Waals surface area contributed by atoms with Crippen LogP contribution >= 0.6 is 24.2 Å². The topological polar surface area (TPSA) is 0 Å². The van der Waals surface area contributed by atoms with Crippen molar-refractivity contribution < 1.29 is 0 Å². The van der Waals surface area contributed by atoms with Crippen LogP contribution in [0.1, 0.15) is 0 Å². The maximum atomic E-state index is 4.19. The summed E-state index contributed by atoms with van der Waals surface area (Å²) < 4.78 is 0. The van der Waals surface area contributed by atoms with Crippen LogP contribution in [0.4, 0.5) is 0 Å². The van der Waals surface area contributed by atoms with E-state index < -0.39 is 0 Å². The van der Waals surface area contributed by atoms with Gasteiger partial charge in [-0.3, -0.25) is 0 Å². The summed E-state index contributed by atoms with van der Waals surface area (Å²) >= 11 is 8.37. The minimum absolute atomic E-state index is 0.233. The molecule has 0 aromatic rings. The summed E-state index contributed by atoms with van der Waals surface area (Å²) in [5.41, 5.74) is 0. The Hall–Kier alpha value is 1.35. The van der Waals surface area contributed by atoms with Crippen molar-refractivity contribution in [3.63, 3.8) is 0 Å². The van der Waals surface area contributed by atoms with E-state index in [0.29, 0.717) is 8.55 Å². The molecule has 5 heteroatoms. The molecule has 0 amide bonds. The van der Waals surface area contributed by atoms with Gasteiger partial charge in [0.05, 0.1) is 16.4 Å². The molecule has 0 N–H and O–H groups in total. The number of hydrogen-bond acceptors (Lipinski definition) is 2. The molecule has 0 aromatic carbocycles. The molecule has 0 aromatic heterocycles. The van der Waals surface area contributed by atoms with E-state index in [4.69, 9.17) is 0 Å². The van der Waals surface area contributed by atoms with E-state index in [-0.39, 0.29) is 16.4 Å². The molecule has 0 bridgehead atoms. The molecule has 0 heterocycles. The molecule has 0 saturated heterocycles. The Kier molecular flexibility index (Phi) is 6.80. The fourth-order valence-electron chi connectivity index (χ4n) is 0.0707.